The van der Waals surface area contributed by atoms with Gasteiger partial charge in [-0.15, -0.1) is 10.2 Å². The lowest BCUT2D eigenvalue weighted by Crippen LogP contribution is -2.02. The van der Waals surface area contributed by atoms with E-state index in [9.17, 15) is 0 Å². The van der Waals surface area contributed by atoms with Crippen molar-refractivity contribution in [2.24, 2.45) is 0 Å². The highest BCUT2D eigenvalue weighted by Gasteiger charge is 2.17. The van der Waals surface area contributed by atoms with Crippen molar-refractivity contribution in [3.05, 3.63) is 57.7 Å². The zero-order valence-corrected chi connectivity index (χ0v) is 16.8. The van der Waals surface area contributed by atoms with Crippen molar-refractivity contribution >= 4 is 40.0 Å². The molecule has 2 rings (SSSR count). The van der Waals surface area contributed by atoms with Gasteiger partial charge in [-0.05, 0) is 38.7 Å². The van der Waals surface area contributed by atoms with Gasteiger partial charge in [0, 0.05) is 17.3 Å². The van der Waals surface area contributed by atoms with E-state index in [4.69, 9.17) is 11.6 Å². The molecular weight excluding hydrogens is 358 g/mol. The SMILES string of the molecule is C/C=C/S/C(=C(\C)Cl)c1nnc(SCc2ccc(C)cc2)n1CC. The molecule has 0 amide bonds. The molecule has 2 aromatic rings. The summed E-state index contributed by atoms with van der Waals surface area (Å²) in [5.74, 6) is 1.71. The molecule has 0 fully saturated rings. The fourth-order valence-corrected chi connectivity index (χ4v) is 3.97. The largest absolute Gasteiger partial charge is 0.302 e. The summed E-state index contributed by atoms with van der Waals surface area (Å²) in [6, 6.07) is 8.59. The van der Waals surface area contributed by atoms with Gasteiger partial charge in [0.15, 0.2) is 11.0 Å². The monoisotopic (exact) mass is 379 g/mol. The zero-order chi connectivity index (χ0) is 17.5. The van der Waals surface area contributed by atoms with Crippen LogP contribution in [0.5, 0.6) is 0 Å². The molecule has 0 radical (unpaired) electrons. The van der Waals surface area contributed by atoms with Crippen LogP contribution in [0, 0.1) is 6.92 Å². The van der Waals surface area contributed by atoms with Crippen molar-refractivity contribution < 1.29 is 0 Å². The molecule has 0 saturated heterocycles. The average Bonchev–Trinajstić information content (AvgIpc) is 2.97. The maximum atomic E-state index is 6.28. The van der Waals surface area contributed by atoms with Gasteiger partial charge in [0.05, 0.1) is 4.91 Å². The highest BCUT2D eigenvalue weighted by atomic mass is 35.5. The minimum Gasteiger partial charge on any atom is -0.302 e. The summed E-state index contributed by atoms with van der Waals surface area (Å²) in [6.45, 7) is 8.89. The molecule has 24 heavy (non-hydrogen) atoms. The van der Waals surface area contributed by atoms with Crippen LogP contribution in [0.25, 0.3) is 4.91 Å². The van der Waals surface area contributed by atoms with Crippen molar-refractivity contribution in [1.82, 2.24) is 14.8 Å². The van der Waals surface area contributed by atoms with Crippen LogP contribution in [0.15, 0.2) is 45.9 Å². The second-order valence-electron chi connectivity index (χ2n) is 5.27. The summed E-state index contributed by atoms with van der Waals surface area (Å²) in [5.41, 5.74) is 2.56. The van der Waals surface area contributed by atoms with Crippen molar-refractivity contribution in [1.29, 1.82) is 0 Å². The van der Waals surface area contributed by atoms with E-state index >= 15 is 0 Å². The van der Waals surface area contributed by atoms with Gasteiger partial charge in [0.2, 0.25) is 0 Å². The first-order valence-electron chi connectivity index (χ1n) is 7.82. The van der Waals surface area contributed by atoms with Gasteiger partial charge in [-0.1, -0.05) is 71.0 Å². The van der Waals surface area contributed by atoms with Crippen LogP contribution in [0.1, 0.15) is 37.7 Å². The molecule has 0 aliphatic rings. The van der Waals surface area contributed by atoms with Crippen LogP contribution in [0.4, 0.5) is 0 Å². The third kappa shape index (κ3) is 4.91. The molecule has 1 aromatic carbocycles. The highest BCUT2D eigenvalue weighted by Crippen LogP contribution is 2.34. The van der Waals surface area contributed by atoms with Crippen molar-refractivity contribution in [2.45, 2.75) is 45.1 Å². The Morgan fingerprint density at radius 1 is 1.25 bits per heavy atom. The second-order valence-corrected chi connectivity index (χ2v) is 7.70. The molecule has 0 bridgehead atoms. The van der Waals surface area contributed by atoms with E-state index in [-0.39, 0.29) is 0 Å². The Bertz CT molecular complexity index is 729. The number of benzene rings is 1. The third-order valence-electron chi connectivity index (χ3n) is 3.36. The Hall–Kier alpha value is -1.17. The lowest BCUT2D eigenvalue weighted by molar-refractivity contribution is 0.675. The Kier molecular flexibility index (Phi) is 7.46. The standard InChI is InChI=1S/C18H22ClN3S2/c1-5-11-23-16(14(4)19)17-20-21-18(22(17)6-2)24-12-15-9-7-13(3)8-10-15/h5,7-11H,6,12H2,1-4H3/b11-5+,16-14+. The van der Waals surface area contributed by atoms with Gasteiger partial charge >= 0.3 is 0 Å². The number of rotatable bonds is 7. The van der Waals surface area contributed by atoms with E-state index in [1.165, 1.54) is 11.1 Å². The van der Waals surface area contributed by atoms with Gasteiger partial charge < -0.3 is 4.57 Å². The number of thioether (sulfide) groups is 2. The molecule has 128 valence electrons. The van der Waals surface area contributed by atoms with Crippen LogP contribution in [0.3, 0.4) is 0 Å². The van der Waals surface area contributed by atoms with Gasteiger partial charge in [-0.3, -0.25) is 0 Å². The Morgan fingerprint density at radius 2 is 1.96 bits per heavy atom. The topological polar surface area (TPSA) is 30.7 Å². The number of allylic oxidation sites excluding steroid dienone is 2. The van der Waals surface area contributed by atoms with Gasteiger partial charge in [-0.25, -0.2) is 0 Å². The molecule has 3 nitrogen and oxygen atoms in total. The van der Waals surface area contributed by atoms with E-state index in [0.29, 0.717) is 0 Å². The van der Waals surface area contributed by atoms with Gasteiger partial charge in [0.25, 0.3) is 0 Å². The van der Waals surface area contributed by atoms with E-state index in [1.54, 1.807) is 23.5 Å². The van der Waals surface area contributed by atoms with Gasteiger partial charge in [0.1, 0.15) is 0 Å². The first kappa shape index (κ1) is 19.2. The molecule has 0 aliphatic heterocycles. The molecule has 0 unspecified atom stereocenters. The maximum absolute atomic E-state index is 6.28. The molecule has 6 heteroatoms. The fourth-order valence-electron chi connectivity index (χ4n) is 2.10. The van der Waals surface area contributed by atoms with E-state index in [1.807, 2.05) is 25.3 Å². The van der Waals surface area contributed by atoms with Crippen LogP contribution in [0.2, 0.25) is 0 Å². The summed E-state index contributed by atoms with van der Waals surface area (Å²) in [7, 11) is 0. The first-order valence-corrected chi connectivity index (χ1v) is 10.1. The predicted molar refractivity (Wildman–Crippen MR) is 107 cm³/mol. The predicted octanol–water partition coefficient (Wildman–Crippen LogP) is 6.09. The number of hydrogen-bond donors (Lipinski definition) is 0. The average molecular weight is 380 g/mol. The smallest absolute Gasteiger partial charge is 0.191 e. The first-order chi connectivity index (χ1) is 11.6. The molecule has 1 aromatic heterocycles. The lowest BCUT2D eigenvalue weighted by atomic mass is 10.2. The van der Waals surface area contributed by atoms with Crippen molar-refractivity contribution in [3.8, 4) is 0 Å². The number of hydrogen-bond acceptors (Lipinski definition) is 4. The lowest BCUT2D eigenvalue weighted by Gasteiger charge is -2.09. The number of aromatic nitrogens is 3. The molecule has 0 N–H and O–H groups in total. The van der Waals surface area contributed by atoms with Crippen LogP contribution in [-0.2, 0) is 12.3 Å². The zero-order valence-electron chi connectivity index (χ0n) is 14.4. The summed E-state index contributed by atoms with van der Waals surface area (Å²) in [5, 5.41) is 12.4. The normalized spacial score (nSPS) is 12.7. The van der Waals surface area contributed by atoms with Crippen molar-refractivity contribution in [3.63, 3.8) is 0 Å². The van der Waals surface area contributed by atoms with Crippen molar-refractivity contribution in [2.75, 3.05) is 0 Å². The van der Waals surface area contributed by atoms with E-state index < -0.39 is 0 Å². The molecular formula is C18H22ClN3S2. The summed E-state index contributed by atoms with van der Waals surface area (Å²) >= 11 is 9.55. The summed E-state index contributed by atoms with van der Waals surface area (Å²) < 4.78 is 2.12. The maximum Gasteiger partial charge on any atom is 0.191 e. The Morgan fingerprint density at radius 3 is 2.54 bits per heavy atom. The number of aryl methyl sites for hydroxylation is 1. The Labute approximate surface area is 157 Å². The molecule has 1 heterocycles. The molecule has 0 aliphatic carbocycles. The number of nitrogens with zero attached hydrogens (tertiary/aromatic N) is 3. The molecule has 0 saturated carbocycles. The fraction of sp³-hybridized carbons (Fsp3) is 0.333. The minimum atomic E-state index is 0.732. The third-order valence-corrected chi connectivity index (χ3v) is 5.83. The highest BCUT2D eigenvalue weighted by molar-refractivity contribution is 8.11. The van der Waals surface area contributed by atoms with Crippen LogP contribution < -0.4 is 0 Å². The van der Waals surface area contributed by atoms with E-state index in [0.717, 1.165) is 33.2 Å². The van der Waals surface area contributed by atoms with Crippen LogP contribution >= 0.6 is 35.1 Å². The summed E-state index contributed by atoms with van der Waals surface area (Å²) in [6.07, 6.45) is 1.99. The van der Waals surface area contributed by atoms with Gasteiger partial charge in [-0.2, -0.15) is 0 Å². The molecule has 0 atom stereocenters. The minimum absolute atomic E-state index is 0.732. The summed E-state index contributed by atoms with van der Waals surface area (Å²) in [4.78, 5) is 0.950. The van der Waals surface area contributed by atoms with Crippen LogP contribution in [-0.4, -0.2) is 14.8 Å². The second kappa shape index (κ2) is 9.35. The Balaban J connectivity index is 2.22. The molecule has 0 spiro atoms. The number of halogens is 1. The van der Waals surface area contributed by atoms with E-state index in [2.05, 4.69) is 52.9 Å². The quantitative estimate of drug-likeness (QED) is 0.544.